The van der Waals surface area contributed by atoms with Gasteiger partial charge >= 0.3 is 6.03 Å². The van der Waals surface area contributed by atoms with E-state index in [0.29, 0.717) is 37.6 Å². The van der Waals surface area contributed by atoms with Gasteiger partial charge in [0, 0.05) is 19.2 Å². The molecule has 1 aliphatic rings. The first-order valence-corrected chi connectivity index (χ1v) is 6.76. The van der Waals surface area contributed by atoms with E-state index >= 15 is 0 Å². The molecule has 1 fully saturated rings. The predicted octanol–water partition coefficient (Wildman–Crippen LogP) is 2.21. The minimum atomic E-state index is -0.478. The van der Waals surface area contributed by atoms with Crippen molar-refractivity contribution in [3.8, 4) is 5.75 Å². The van der Waals surface area contributed by atoms with Crippen LogP contribution in [0.1, 0.15) is 19.8 Å². The zero-order chi connectivity index (χ0) is 14.5. The molecule has 1 aliphatic heterocycles. The van der Waals surface area contributed by atoms with Crippen LogP contribution in [0.15, 0.2) is 18.2 Å². The minimum absolute atomic E-state index is 0.304. The Morgan fingerprint density at radius 1 is 1.60 bits per heavy atom. The molecule has 1 heterocycles. The molecule has 1 aromatic carbocycles. The van der Waals surface area contributed by atoms with Crippen molar-refractivity contribution in [2.75, 3.05) is 25.0 Å². The van der Waals surface area contributed by atoms with Crippen molar-refractivity contribution in [1.82, 2.24) is 4.90 Å². The Bertz CT molecular complexity index is 481. The summed E-state index contributed by atoms with van der Waals surface area (Å²) in [7, 11) is 0. The van der Waals surface area contributed by atoms with E-state index in [4.69, 9.17) is 4.74 Å². The number of hydrogen-bond acceptors (Lipinski definition) is 3. The van der Waals surface area contributed by atoms with Crippen LogP contribution in [0, 0.1) is 5.82 Å². The molecule has 6 heteroatoms. The summed E-state index contributed by atoms with van der Waals surface area (Å²) in [5.41, 5.74) is 0.429. The van der Waals surface area contributed by atoms with E-state index in [9.17, 15) is 14.3 Å². The average molecular weight is 282 g/mol. The number of nitrogens with zero attached hydrogens (tertiary/aromatic N) is 1. The topological polar surface area (TPSA) is 61.8 Å². The second-order valence-electron chi connectivity index (χ2n) is 4.75. The Morgan fingerprint density at radius 2 is 2.40 bits per heavy atom. The van der Waals surface area contributed by atoms with Crippen molar-refractivity contribution in [1.29, 1.82) is 0 Å². The van der Waals surface area contributed by atoms with Crippen molar-refractivity contribution < 1.29 is 19.0 Å². The molecule has 2 rings (SSSR count). The number of ether oxygens (including phenoxy) is 1. The van der Waals surface area contributed by atoms with Crippen LogP contribution >= 0.6 is 0 Å². The maximum atomic E-state index is 13.2. The summed E-state index contributed by atoms with van der Waals surface area (Å²) < 4.78 is 18.5. The molecule has 1 aromatic rings. The smallest absolute Gasteiger partial charge is 0.322 e. The van der Waals surface area contributed by atoms with Gasteiger partial charge in [0.25, 0.3) is 0 Å². The molecule has 0 spiro atoms. The van der Waals surface area contributed by atoms with Gasteiger partial charge in [-0.15, -0.1) is 0 Å². The number of likely N-dealkylation sites (tertiary alicyclic amines) is 1. The van der Waals surface area contributed by atoms with Crippen LogP contribution in [0.2, 0.25) is 0 Å². The molecule has 0 aliphatic carbocycles. The lowest BCUT2D eigenvalue weighted by molar-refractivity contribution is 0.0883. The highest BCUT2D eigenvalue weighted by Gasteiger charge is 2.22. The molecule has 1 saturated heterocycles. The van der Waals surface area contributed by atoms with Crippen LogP contribution in [-0.4, -0.2) is 41.8 Å². The van der Waals surface area contributed by atoms with Gasteiger partial charge in [-0.25, -0.2) is 9.18 Å². The number of piperidine rings is 1. The first kappa shape index (κ1) is 14.6. The van der Waals surface area contributed by atoms with Crippen molar-refractivity contribution in [2.45, 2.75) is 25.9 Å². The first-order valence-electron chi connectivity index (χ1n) is 6.76. The fourth-order valence-corrected chi connectivity index (χ4v) is 2.21. The Balaban J connectivity index is 2.06. The molecular formula is C14H19FN2O3. The SMILES string of the molecule is CCOc1cc(F)ccc1NC(=O)N1CCCC(O)C1. The number of anilines is 1. The summed E-state index contributed by atoms with van der Waals surface area (Å²) in [6.45, 7) is 3.09. The van der Waals surface area contributed by atoms with Crippen molar-refractivity contribution >= 4 is 11.7 Å². The Morgan fingerprint density at radius 3 is 3.10 bits per heavy atom. The lowest BCUT2D eigenvalue weighted by Crippen LogP contribution is -2.44. The first-order chi connectivity index (χ1) is 9.60. The van der Waals surface area contributed by atoms with Crippen LogP contribution < -0.4 is 10.1 Å². The fourth-order valence-electron chi connectivity index (χ4n) is 2.21. The van der Waals surface area contributed by atoms with E-state index in [-0.39, 0.29) is 6.03 Å². The number of aliphatic hydroxyl groups excluding tert-OH is 1. The van der Waals surface area contributed by atoms with E-state index in [1.807, 2.05) is 0 Å². The minimum Gasteiger partial charge on any atom is -0.492 e. The van der Waals surface area contributed by atoms with Gasteiger partial charge in [0.15, 0.2) is 0 Å². The van der Waals surface area contributed by atoms with Crippen LogP contribution in [0.4, 0.5) is 14.9 Å². The molecule has 5 nitrogen and oxygen atoms in total. The highest BCUT2D eigenvalue weighted by Crippen LogP contribution is 2.26. The van der Waals surface area contributed by atoms with E-state index in [1.54, 1.807) is 11.8 Å². The number of rotatable bonds is 3. The zero-order valence-corrected chi connectivity index (χ0v) is 11.4. The summed E-state index contributed by atoms with van der Waals surface area (Å²) in [6.07, 6.45) is 1.01. The molecule has 20 heavy (non-hydrogen) atoms. The van der Waals surface area contributed by atoms with Gasteiger partial charge in [0.1, 0.15) is 11.6 Å². The van der Waals surface area contributed by atoms with Gasteiger partial charge in [-0.1, -0.05) is 0 Å². The molecule has 2 N–H and O–H groups in total. The van der Waals surface area contributed by atoms with Gasteiger partial charge in [-0.3, -0.25) is 0 Å². The number of halogens is 1. The molecule has 0 bridgehead atoms. The lowest BCUT2D eigenvalue weighted by Gasteiger charge is -2.30. The number of amides is 2. The number of nitrogens with one attached hydrogen (secondary N) is 1. The number of carbonyl (C=O) groups is 1. The standard InChI is InChI=1S/C14H19FN2O3/c1-2-20-13-8-10(15)5-6-12(13)16-14(19)17-7-3-4-11(18)9-17/h5-6,8,11,18H,2-4,7,9H2,1H3,(H,16,19). The Labute approximate surface area is 117 Å². The third-order valence-electron chi connectivity index (χ3n) is 3.17. The number of urea groups is 1. The molecule has 1 unspecified atom stereocenters. The highest BCUT2D eigenvalue weighted by molar-refractivity contribution is 5.91. The van der Waals surface area contributed by atoms with E-state index < -0.39 is 11.9 Å². The van der Waals surface area contributed by atoms with Crippen LogP contribution in [0.25, 0.3) is 0 Å². The number of benzene rings is 1. The third kappa shape index (κ3) is 3.60. The third-order valence-corrected chi connectivity index (χ3v) is 3.17. The van der Waals surface area contributed by atoms with Gasteiger partial charge in [-0.2, -0.15) is 0 Å². The average Bonchev–Trinajstić information content (AvgIpc) is 2.42. The van der Waals surface area contributed by atoms with Crippen LogP contribution in [0.3, 0.4) is 0 Å². The molecular weight excluding hydrogens is 263 g/mol. The van der Waals surface area contributed by atoms with Gasteiger partial charge in [-0.05, 0) is 31.9 Å². The van der Waals surface area contributed by atoms with Gasteiger partial charge < -0.3 is 20.1 Å². The maximum absolute atomic E-state index is 13.2. The quantitative estimate of drug-likeness (QED) is 0.893. The maximum Gasteiger partial charge on any atom is 0.322 e. The van der Waals surface area contributed by atoms with E-state index in [0.717, 1.165) is 6.42 Å². The fraction of sp³-hybridized carbons (Fsp3) is 0.500. The normalized spacial score (nSPS) is 18.8. The summed E-state index contributed by atoms with van der Waals surface area (Å²) in [5.74, 6) is -0.113. The van der Waals surface area contributed by atoms with Crippen LogP contribution in [-0.2, 0) is 0 Å². The monoisotopic (exact) mass is 282 g/mol. The van der Waals surface area contributed by atoms with E-state index in [2.05, 4.69) is 5.32 Å². The largest absolute Gasteiger partial charge is 0.492 e. The summed E-state index contributed by atoms with van der Waals surface area (Å²) in [5, 5.41) is 12.3. The molecule has 1 atom stereocenters. The Kier molecular flexibility index (Phi) is 4.79. The second kappa shape index (κ2) is 6.56. The second-order valence-corrected chi connectivity index (χ2v) is 4.75. The number of β-amino-alcohol motifs (C(OH)–C–C–N with tert-alkyl or cyclic N) is 1. The van der Waals surface area contributed by atoms with Crippen LogP contribution in [0.5, 0.6) is 5.75 Å². The van der Waals surface area contributed by atoms with Gasteiger partial charge in [0.05, 0.1) is 18.4 Å². The number of carbonyl (C=O) groups excluding carboxylic acids is 1. The Hall–Kier alpha value is -1.82. The van der Waals surface area contributed by atoms with Gasteiger partial charge in [0.2, 0.25) is 0 Å². The van der Waals surface area contributed by atoms with Crippen molar-refractivity contribution in [2.24, 2.45) is 0 Å². The highest BCUT2D eigenvalue weighted by atomic mass is 19.1. The lowest BCUT2D eigenvalue weighted by atomic mass is 10.1. The molecule has 0 radical (unpaired) electrons. The summed E-state index contributed by atoms with van der Waals surface area (Å²) >= 11 is 0. The predicted molar refractivity (Wildman–Crippen MR) is 73.4 cm³/mol. The number of aliphatic hydroxyl groups is 1. The zero-order valence-electron chi connectivity index (χ0n) is 11.4. The van der Waals surface area contributed by atoms with Crippen molar-refractivity contribution in [3.05, 3.63) is 24.0 Å². The molecule has 110 valence electrons. The molecule has 0 aromatic heterocycles. The summed E-state index contributed by atoms with van der Waals surface area (Å²) in [4.78, 5) is 13.7. The molecule has 0 saturated carbocycles. The van der Waals surface area contributed by atoms with Crippen molar-refractivity contribution in [3.63, 3.8) is 0 Å². The molecule has 2 amide bonds. The number of hydrogen-bond donors (Lipinski definition) is 2. The van der Waals surface area contributed by atoms with E-state index in [1.165, 1.54) is 18.2 Å². The summed E-state index contributed by atoms with van der Waals surface area (Å²) in [6, 6.07) is 3.67.